The molecule has 0 radical (unpaired) electrons. The minimum atomic E-state index is -1.04. The molecule has 6 heteroatoms. The van der Waals surface area contributed by atoms with Gasteiger partial charge in [-0.25, -0.2) is 0 Å². The van der Waals surface area contributed by atoms with Gasteiger partial charge < -0.3 is 10.0 Å². The number of para-hydroxylation sites is 2. The number of amides is 1. The lowest BCUT2D eigenvalue weighted by atomic mass is 10.1. The van der Waals surface area contributed by atoms with Crippen LogP contribution in [0.5, 0.6) is 0 Å². The van der Waals surface area contributed by atoms with Crippen LogP contribution >= 0.6 is 12.2 Å². The highest BCUT2D eigenvalue weighted by Crippen LogP contribution is 2.31. The number of hydrogen-bond donors (Lipinski definition) is 1. The van der Waals surface area contributed by atoms with E-state index in [0.29, 0.717) is 16.5 Å². The number of aliphatic carboxylic acids is 1. The molecule has 2 aromatic rings. The number of nitrogens with zero attached hydrogens (tertiary/aromatic N) is 2. The van der Waals surface area contributed by atoms with E-state index in [1.807, 2.05) is 48.5 Å². The highest BCUT2D eigenvalue weighted by molar-refractivity contribution is 7.81. The van der Waals surface area contributed by atoms with E-state index < -0.39 is 12.0 Å². The largest absolute Gasteiger partial charge is 0.481 e. The van der Waals surface area contributed by atoms with Gasteiger partial charge in [-0.05, 0) is 36.5 Å². The summed E-state index contributed by atoms with van der Waals surface area (Å²) < 4.78 is 0. The van der Waals surface area contributed by atoms with Gasteiger partial charge in [0.05, 0.1) is 12.1 Å². The predicted molar refractivity (Wildman–Crippen MR) is 91.5 cm³/mol. The van der Waals surface area contributed by atoms with Crippen molar-refractivity contribution in [3.63, 3.8) is 0 Å². The first-order valence-electron chi connectivity index (χ1n) is 7.08. The van der Waals surface area contributed by atoms with E-state index in [1.54, 1.807) is 17.0 Å². The van der Waals surface area contributed by atoms with E-state index in [9.17, 15) is 9.59 Å². The van der Waals surface area contributed by atoms with E-state index in [0.717, 1.165) is 0 Å². The van der Waals surface area contributed by atoms with Gasteiger partial charge in [-0.1, -0.05) is 36.4 Å². The molecule has 0 saturated carbocycles. The Kier molecular flexibility index (Phi) is 4.08. The van der Waals surface area contributed by atoms with Crippen LogP contribution in [0.3, 0.4) is 0 Å². The van der Waals surface area contributed by atoms with Crippen molar-refractivity contribution in [1.29, 1.82) is 0 Å². The van der Waals surface area contributed by atoms with E-state index in [4.69, 9.17) is 17.3 Å². The lowest BCUT2D eigenvalue weighted by Gasteiger charge is -2.23. The molecule has 1 saturated heterocycles. The average molecular weight is 326 g/mol. The summed E-state index contributed by atoms with van der Waals surface area (Å²) in [6.07, 6.45) is -0.308. The fraction of sp³-hybridized carbons (Fsp3) is 0.118. The number of hydrogen-bond acceptors (Lipinski definition) is 3. The first kappa shape index (κ1) is 15.2. The van der Waals surface area contributed by atoms with Crippen LogP contribution in [0.4, 0.5) is 11.4 Å². The van der Waals surface area contributed by atoms with Gasteiger partial charge in [-0.3, -0.25) is 14.5 Å². The van der Waals surface area contributed by atoms with Crippen molar-refractivity contribution in [3.8, 4) is 0 Å². The average Bonchev–Trinajstić information content (AvgIpc) is 2.79. The predicted octanol–water partition coefficient (Wildman–Crippen LogP) is 2.67. The molecule has 1 N–H and O–H groups in total. The molecule has 23 heavy (non-hydrogen) atoms. The van der Waals surface area contributed by atoms with Crippen LogP contribution in [0.25, 0.3) is 0 Å². The van der Waals surface area contributed by atoms with Crippen molar-refractivity contribution < 1.29 is 14.7 Å². The van der Waals surface area contributed by atoms with Crippen molar-refractivity contribution in [2.45, 2.75) is 12.5 Å². The molecule has 5 nitrogen and oxygen atoms in total. The topological polar surface area (TPSA) is 60.9 Å². The molecule has 1 amide bonds. The Balaban J connectivity index is 2.04. The maximum atomic E-state index is 12.8. The SMILES string of the molecule is O=C(O)C[C@@H]1C(=O)N(c2ccccc2)C(=S)N1c1ccccc1. The Bertz CT molecular complexity index is 749. The molecule has 2 aromatic carbocycles. The molecule has 0 aromatic heterocycles. The van der Waals surface area contributed by atoms with Crippen LogP contribution < -0.4 is 9.80 Å². The maximum absolute atomic E-state index is 12.8. The summed E-state index contributed by atoms with van der Waals surface area (Å²) in [6.45, 7) is 0. The molecule has 1 fully saturated rings. The van der Waals surface area contributed by atoms with E-state index >= 15 is 0 Å². The number of carbonyl (C=O) groups is 2. The molecule has 0 bridgehead atoms. The van der Waals surface area contributed by atoms with Crippen molar-refractivity contribution in [2.24, 2.45) is 0 Å². The standard InChI is InChI=1S/C17H14N2O3S/c20-15(21)11-14-16(22)19(13-9-5-2-6-10-13)17(23)18(14)12-7-3-1-4-8-12/h1-10,14H,11H2,(H,20,21)/t14-/m1/s1. The number of thiocarbonyl (C=S) groups is 1. The normalized spacial score (nSPS) is 17.7. The molecule has 0 unspecified atom stereocenters. The van der Waals surface area contributed by atoms with E-state index in [1.165, 1.54) is 4.90 Å². The summed E-state index contributed by atoms with van der Waals surface area (Å²) in [7, 11) is 0. The maximum Gasteiger partial charge on any atom is 0.306 e. The van der Waals surface area contributed by atoms with Crippen molar-refractivity contribution in [2.75, 3.05) is 9.80 Å². The molecule has 0 spiro atoms. The highest BCUT2D eigenvalue weighted by atomic mass is 32.1. The molecule has 1 atom stereocenters. The highest BCUT2D eigenvalue weighted by Gasteiger charge is 2.44. The van der Waals surface area contributed by atoms with Gasteiger partial charge in [0.2, 0.25) is 0 Å². The van der Waals surface area contributed by atoms with Gasteiger partial charge in [0, 0.05) is 5.69 Å². The van der Waals surface area contributed by atoms with Gasteiger partial charge in [0.25, 0.3) is 5.91 Å². The molecule has 1 aliphatic heterocycles. The molecular weight excluding hydrogens is 312 g/mol. The number of carboxylic acid groups (broad SMARTS) is 1. The first-order valence-corrected chi connectivity index (χ1v) is 7.49. The zero-order chi connectivity index (χ0) is 16.4. The summed E-state index contributed by atoms with van der Waals surface area (Å²) >= 11 is 5.47. The molecule has 1 heterocycles. The van der Waals surface area contributed by atoms with Crippen LogP contribution in [0.1, 0.15) is 6.42 Å². The van der Waals surface area contributed by atoms with E-state index in [-0.39, 0.29) is 12.3 Å². The smallest absolute Gasteiger partial charge is 0.306 e. The summed E-state index contributed by atoms with van der Waals surface area (Å²) in [5.41, 5.74) is 1.34. The van der Waals surface area contributed by atoms with E-state index in [2.05, 4.69) is 0 Å². The third-order valence-electron chi connectivity index (χ3n) is 3.63. The molecule has 1 aliphatic rings. The Hall–Kier alpha value is -2.73. The van der Waals surface area contributed by atoms with Crippen molar-refractivity contribution in [1.82, 2.24) is 0 Å². The zero-order valence-electron chi connectivity index (χ0n) is 12.1. The minimum Gasteiger partial charge on any atom is -0.481 e. The first-order chi connectivity index (χ1) is 11.1. The number of carboxylic acids is 1. The lowest BCUT2D eigenvalue weighted by Crippen LogP contribution is -2.36. The number of rotatable bonds is 4. The number of carbonyl (C=O) groups excluding carboxylic acids is 1. The van der Waals surface area contributed by atoms with Gasteiger partial charge in [-0.2, -0.15) is 0 Å². The quantitative estimate of drug-likeness (QED) is 0.875. The van der Waals surface area contributed by atoms with Crippen LogP contribution in [0.2, 0.25) is 0 Å². The summed E-state index contributed by atoms with van der Waals surface area (Å²) in [4.78, 5) is 27.0. The van der Waals surface area contributed by atoms with Crippen LogP contribution in [-0.4, -0.2) is 28.1 Å². The summed E-state index contributed by atoms with van der Waals surface area (Å²) in [5, 5.41) is 9.45. The number of benzene rings is 2. The lowest BCUT2D eigenvalue weighted by molar-refractivity contribution is -0.138. The van der Waals surface area contributed by atoms with Crippen LogP contribution in [-0.2, 0) is 9.59 Å². The molecular formula is C17H14N2O3S. The van der Waals surface area contributed by atoms with Crippen LogP contribution in [0, 0.1) is 0 Å². The Labute approximate surface area is 138 Å². The fourth-order valence-corrected chi connectivity index (χ4v) is 3.06. The molecule has 116 valence electrons. The Morgan fingerprint density at radius 3 is 2.04 bits per heavy atom. The Morgan fingerprint density at radius 1 is 1.00 bits per heavy atom. The van der Waals surface area contributed by atoms with Gasteiger partial charge in [-0.15, -0.1) is 0 Å². The van der Waals surface area contributed by atoms with Crippen LogP contribution in [0.15, 0.2) is 60.7 Å². The summed E-state index contributed by atoms with van der Waals surface area (Å²) in [5.74, 6) is -1.37. The monoisotopic (exact) mass is 326 g/mol. The van der Waals surface area contributed by atoms with Gasteiger partial charge >= 0.3 is 5.97 Å². The fourth-order valence-electron chi connectivity index (χ4n) is 2.63. The minimum absolute atomic E-state index is 0.290. The second-order valence-electron chi connectivity index (χ2n) is 5.11. The second kappa shape index (κ2) is 6.18. The third kappa shape index (κ3) is 2.80. The molecule has 3 rings (SSSR count). The zero-order valence-corrected chi connectivity index (χ0v) is 12.9. The third-order valence-corrected chi connectivity index (χ3v) is 4.01. The molecule has 0 aliphatic carbocycles. The second-order valence-corrected chi connectivity index (χ2v) is 5.48. The van der Waals surface area contributed by atoms with Gasteiger partial charge in [0.1, 0.15) is 6.04 Å². The van der Waals surface area contributed by atoms with Crippen molar-refractivity contribution >= 4 is 40.6 Å². The summed E-state index contributed by atoms with van der Waals surface area (Å²) in [6, 6.07) is 17.3. The number of anilines is 2. The van der Waals surface area contributed by atoms with Crippen molar-refractivity contribution in [3.05, 3.63) is 60.7 Å². The van der Waals surface area contributed by atoms with Gasteiger partial charge in [0.15, 0.2) is 5.11 Å². The Morgan fingerprint density at radius 2 is 1.52 bits per heavy atom.